The van der Waals surface area contributed by atoms with Gasteiger partial charge in [-0.15, -0.1) is 0 Å². The topological polar surface area (TPSA) is 33.6 Å². The van der Waals surface area contributed by atoms with Gasteiger partial charge in [0.25, 0.3) is 0 Å². The minimum absolute atomic E-state index is 0.617. The summed E-state index contributed by atoms with van der Waals surface area (Å²) in [6.45, 7) is 2.03. The third kappa shape index (κ3) is 2.12. The smallest absolute Gasteiger partial charge is 0.184 e. The Labute approximate surface area is 128 Å². The average Bonchev–Trinajstić information content (AvgIpc) is 2.71. The number of fused-ring (bicyclic) bond motifs is 1. The van der Waals surface area contributed by atoms with Gasteiger partial charge in [-0.05, 0) is 64.9 Å². The van der Waals surface area contributed by atoms with E-state index in [1.165, 1.54) is 0 Å². The van der Waals surface area contributed by atoms with Crippen molar-refractivity contribution < 1.29 is 0 Å². The molecule has 96 valence electrons. The van der Waals surface area contributed by atoms with Crippen LogP contribution in [0.15, 0.2) is 34.9 Å². The lowest BCUT2D eigenvalue weighted by Crippen LogP contribution is -1.95. The lowest BCUT2D eigenvalue weighted by atomic mass is 10.2. The number of nitrogens with zero attached hydrogens (tertiary/aromatic N) is 2. The molecule has 0 radical (unpaired) electrons. The number of pyridine rings is 1. The van der Waals surface area contributed by atoms with E-state index >= 15 is 0 Å². The van der Waals surface area contributed by atoms with Crippen LogP contribution in [0.5, 0.6) is 0 Å². The van der Waals surface area contributed by atoms with Gasteiger partial charge >= 0.3 is 0 Å². The molecule has 0 unspecified atom stereocenters. The molecule has 2 aromatic heterocycles. The molecule has 1 N–H and O–H groups in total. The number of H-pyrrole nitrogens is 1. The highest BCUT2D eigenvalue weighted by atomic mass is 79.9. The molecule has 0 saturated carbocycles. The second-order valence-electron chi connectivity index (χ2n) is 4.19. The number of benzene rings is 1. The SMILES string of the molecule is Cc1ccnc2c1[nH]c(=S)n2-c1ccc(Cl)c(Br)c1. The molecule has 1 aromatic carbocycles. The fourth-order valence-corrected chi connectivity index (χ4v) is 2.77. The van der Waals surface area contributed by atoms with Gasteiger partial charge in [0, 0.05) is 10.7 Å². The summed E-state index contributed by atoms with van der Waals surface area (Å²) in [6, 6.07) is 7.63. The first kappa shape index (κ1) is 12.8. The summed E-state index contributed by atoms with van der Waals surface area (Å²) in [7, 11) is 0. The summed E-state index contributed by atoms with van der Waals surface area (Å²) in [4.78, 5) is 7.60. The highest BCUT2D eigenvalue weighted by Crippen LogP contribution is 2.27. The van der Waals surface area contributed by atoms with E-state index in [9.17, 15) is 0 Å². The fraction of sp³-hybridized carbons (Fsp3) is 0.0769. The summed E-state index contributed by atoms with van der Waals surface area (Å²) in [6.07, 6.45) is 1.78. The second kappa shape index (κ2) is 4.74. The number of aryl methyl sites for hydroxylation is 1. The first-order chi connectivity index (χ1) is 9.08. The maximum absolute atomic E-state index is 6.02. The van der Waals surface area contributed by atoms with Crippen molar-refractivity contribution >= 4 is 50.9 Å². The van der Waals surface area contributed by atoms with E-state index in [1.54, 1.807) is 6.20 Å². The zero-order valence-electron chi connectivity index (χ0n) is 9.95. The van der Waals surface area contributed by atoms with Crippen LogP contribution in [0, 0.1) is 11.7 Å². The summed E-state index contributed by atoms with van der Waals surface area (Å²) in [5.41, 5.74) is 3.81. The molecule has 0 fully saturated rings. The van der Waals surface area contributed by atoms with Crippen LogP contribution in [0.25, 0.3) is 16.9 Å². The molecule has 3 nitrogen and oxygen atoms in total. The van der Waals surface area contributed by atoms with Crippen LogP contribution in [0.4, 0.5) is 0 Å². The minimum atomic E-state index is 0.617. The number of nitrogens with one attached hydrogen (secondary N) is 1. The molecule has 6 heteroatoms. The Morgan fingerprint density at radius 3 is 2.89 bits per heavy atom. The molecule has 0 aliphatic heterocycles. The molecule has 19 heavy (non-hydrogen) atoms. The van der Waals surface area contributed by atoms with E-state index in [1.807, 2.05) is 35.8 Å². The summed E-state index contributed by atoms with van der Waals surface area (Å²) >= 11 is 14.8. The van der Waals surface area contributed by atoms with Crippen molar-refractivity contribution in [1.82, 2.24) is 14.5 Å². The highest BCUT2D eigenvalue weighted by molar-refractivity contribution is 9.10. The number of hydrogen-bond donors (Lipinski definition) is 1. The number of rotatable bonds is 1. The fourth-order valence-electron chi connectivity index (χ4n) is 1.99. The molecule has 0 aliphatic rings. The molecule has 3 rings (SSSR count). The molecule has 0 atom stereocenters. The van der Waals surface area contributed by atoms with Crippen LogP contribution < -0.4 is 0 Å². The van der Waals surface area contributed by atoms with Gasteiger partial charge in [-0.3, -0.25) is 4.57 Å². The normalized spacial score (nSPS) is 11.1. The van der Waals surface area contributed by atoms with Crippen molar-refractivity contribution in [3.8, 4) is 5.69 Å². The van der Waals surface area contributed by atoms with E-state index in [4.69, 9.17) is 23.8 Å². The van der Waals surface area contributed by atoms with Crippen LogP contribution >= 0.6 is 39.7 Å². The average molecular weight is 355 g/mol. The van der Waals surface area contributed by atoms with E-state index in [0.717, 1.165) is 26.9 Å². The molecule has 3 aromatic rings. The minimum Gasteiger partial charge on any atom is -0.329 e. The van der Waals surface area contributed by atoms with Crippen molar-refractivity contribution in [3.05, 3.63) is 50.3 Å². The molecule has 0 aliphatic carbocycles. The van der Waals surface area contributed by atoms with Crippen molar-refractivity contribution in [2.24, 2.45) is 0 Å². The lowest BCUT2D eigenvalue weighted by molar-refractivity contribution is 1.04. The zero-order chi connectivity index (χ0) is 13.6. The molecule has 0 spiro atoms. The molecule has 2 heterocycles. The summed E-state index contributed by atoms with van der Waals surface area (Å²) in [5, 5.41) is 0.666. The Hall–Kier alpha value is -1.17. The van der Waals surface area contributed by atoms with Crippen LogP contribution in [0.1, 0.15) is 5.56 Å². The van der Waals surface area contributed by atoms with Gasteiger partial charge in [-0.1, -0.05) is 11.6 Å². The third-order valence-electron chi connectivity index (χ3n) is 2.95. The Morgan fingerprint density at radius 1 is 1.37 bits per heavy atom. The first-order valence-corrected chi connectivity index (χ1v) is 7.17. The van der Waals surface area contributed by atoms with Gasteiger partial charge in [0.1, 0.15) is 0 Å². The molecule has 0 amide bonds. The van der Waals surface area contributed by atoms with E-state index in [0.29, 0.717) is 9.79 Å². The lowest BCUT2D eigenvalue weighted by Gasteiger charge is -2.05. The maximum Gasteiger partial charge on any atom is 0.184 e. The molecule has 0 saturated heterocycles. The van der Waals surface area contributed by atoms with Crippen molar-refractivity contribution in [2.45, 2.75) is 6.92 Å². The number of aromatic nitrogens is 3. The van der Waals surface area contributed by atoms with E-state index in [-0.39, 0.29) is 0 Å². The van der Waals surface area contributed by atoms with Gasteiger partial charge in [-0.2, -0.15) is 0 Å². The Kier molecular flexibility index (Phi) is 3.20. The Morgan fingerprint density at radius 2 is 2.16 bits per heavy atom. The Bertz CT molecular complexity index is 838. The van der Waals surface area contributed by atoms with E-state index < -0.39 is 0 Å². The number of imidazole rings is 1. The van der Waals surface area contributed by atoms with Gasteiger partial charge < -0.3 is 4.98 Å². The van der Waals surface area contributed by atoms with Gasteiger partial charge in [-0.25, -0.2) is 4.98 Å². The molecule has 0 bridgehead atoms. The van der Waals surface area contributed by atoms with Crippen molar-refractivity contribution in [3.63, 3.8) is 0 Å². The summed E-state index contributed by atoms with van der Waals surface area (Å²) in [5.74, 6) is 0. The number of hydrogen-bond acceptors (Lipinski definition) is 2. The molecular formula is C13H9BrClN3S. The van der Waals surface area contributed by atoms with Crippen LogP contribution in [0.2, 0.25) is 5.02 Å². The van der Waals surface area contributed by atoms with Crippen molar-refractivity contribution in [1.29, 1.82) is 0 Å². The Balaban J connectivity index is 2.36. The first-order valence-electron chi connectivity index (χ1n) is 5.59. The standard InChI is InChI=1S/C13H9BrClN3S/c1-7-4-5-16-12-11(7)17-13(19)18(12)8-2-3-10(15)9(14)6-8/h2-6H,1H3,(H,17,19). The number of halogens is 2. The van der Waals surface area contributed by atoms with Gasteiger partial charge in [0.05, 0.1) is 16.2 Å². The second-order valence-corrected chi connectivity index (χ2v) is 5.84. The molecular weight excluding hydrogens is 346 g/mol. The van der Waals surface area contributed by atoms with Crippen LogP contribution in [-0.2, 0) is 0 Å². The highest BCUT2D eigenvalue weighted by Gasteiger charge is 2.10. The van der Waals surface area contributed by atoms with Gasteiger partial charge in [0.2, 0.25) is 0 Å². The van der Waals surface area contributed by atoms with Gasteiger partial charge in [0.15, 0.2) is 10.4 Å². The summed E-state index contributed by atoms with van der Waals surface area (Å²) < 4.78 is 3.35. The predicted octanol–water partition coefficient (Wildman–Crippen LogP) is 4.81. The number of aromatic amines is 1. The largest absolute Gasteiger partial charge is 0.329 e. The van der Waals surface area contributed by atoms with Crippen LogP contribution in [-0.4, -0.2) is 14.5 Å². The van der Waals surface area contributed by atoms with Crippen LogP contribution in [0.3, 0.4) is 0 Å². The predicted molar refractivity (Wildman–Crippen MR) is 83.7 cm³/mol. The zero-order valence-corrected chi connectivity index (χ0v) is 13.1. The van der Waals surface area contributed by atoms with E-state index in [2.05, 4.69) is 25.9 Å². The quantitative estimate of drug-likeness (QED) is 0.636. The maximum atomic E-state index is 6.02. The third-order valence-corrected chi connectivity index (χ3v) is 4.45. The monoisotopic (exact) mass is 353 g/mol. The van der Waals surface area contributed by atoms with Crippen molar-refractivity contribution in [2.75, 3.05) is 0 Å².